The van der Waals surface area contributed by atoms with E-state index in [0.717, 1.165) is 16.7 Å². The van der Waals surface area contributed by atoms with E-state index in [-0.39, 0.29) is 5.56 Å². The highest BCUT2D eigenvalue weighted by atomic mass is 16.4. The van der Waals surface area contributed by atoms with Crippen molar-refractivity contribution >= 4 is 40.1 Å². The number of amides is 1. The average molecular weight is 389 g/mol. The number of rotatable bonds is 4. The van der Waals surface area contributed by atoms with Crippen molar-refractivity contribution in [3.63, 3.8) is 0 Å². The average Bonchev–Trinajstić information content (AvgIpc) is 3.04. The zero-order valence-electron chi connectivity index (χ0n) is 15.8. The number of carboxylic acids is 1. The fourth-order valence-electron chi connectivity index (χ4n) is 3.54. The molecule has 2 aromatic carbocycles. The second kappa shape index (κ2) is 7.35. The maximum absolute atomic E-state index is 12.9. The highest BCUT2D eigenvalue weighted by molar-refractivity contribution is 6.02. The first kappa shape index (κ1) is 18.6. The predicted octanol–water partition coefficient (Wildman–Crippen LogP) is 3.06. The number of allylic oxidation sites excluding steroid dienone is 1. The molecule has 0 aliphatic carbocycles. The number of nitrogens with one attached hydrogen (secondary N) is 1. The highest BCUT2D eigenvalue weighted by Crippen LogP contribution is 2.28. The van der Waals surface area contributed by atoms with E-state index in [2.05, 4.69) is 16.4 Å². The van der Waals surface area contributed by atoms with Crippen LogP contribution in [0.1, 0.15) is 29.8 Å². The van der Waals surface area contributed by atoms with Crippen LogP contribution in [0.2, 0.25) is 0 Å². The summed E-state index contributed by atoms with van der Waals surface area (Å²) in [5.74, 6) is -1.21. The number of anilines is 1. The number of fused-ring (bicyclic) bond motifs is 2. The van der Waals surface area contributed by atoms with Gasteiger partial charge in [-0.15, -0.1) is 0 Å². The van der Waals surface area contributed by atoms with E-state index in [1.807, 2.05) is 31.2 Å². The van der Waals surface area contributed by atoms with Gasteiger partial charge in [-0.3, -0.25) is 19.0 Å². The molecule has 0 bridgehead atoms. The first-order chi connectivity index (χ1) is 13.9. The van der Waals surface area contributed by atoms with Gasteiger partial charge < -0.3 is 10.4 Å². The summed E-state index contributed by atoms with van der Waals surface area (Å²) in [4.78, 5) is 39.9. The Kier molecular flexibility index (Phi) is 4.72. The van der Waals surface area contributed by atoms with Crippen LogP contribution in [0.3, 0.4) is 0 Å². The molecule has 0 spiro atoms. The fourth-order valence-corrected chi connectivity index (χ4v) is 3.54. The normalized spacial score (nSPS) is 14.2. The van der Waals surface area contributed by atoms with Gasteiger partial charge in [0, 0.05) is 12.2 Å². The molecule has 3 aromatic rings. The Morgan fingerprint density at radius 2 is 2.07 bits per heavy atom. The minimum absolute atomic E-state index is 0.124. The topological polar surface area (TPSA) is 101 Å². The molecule has 0 radical (unpaired) electrons. The lowest BCUT2D eigenvalue weighted by molar-refractivity contribution is -0.139. The highest BCUT2D eigenvalue weighted by Gasteiger charge is 2.21. The van der Waals surface area contributed by atoms with Crippen molar-refractivity contribution in [2.24, 2.45) is 0 Å². The van der Waals surface area contributed by atoms with E-state index in [4.69, 9.17) is 5.11 Å². The van der Waals surface area contributed by atoms with Crippen LogP contribution in [0.15, 0.2) is 47.3 Å². The van der Waals surface area contributed by atoms with Gasteiger partial charge >= 0.3 is 5.97 Å². The summed E-state index contributed by atoms with van der Waals surface area (Å²) >= 11 is 0. The van der Waals surface area contributed by atoms with Crippen molar-refractivity contribution < 1.29 is 14.7 Å². The molecule has 7 nitrogen and oxygen atoms in total. The Balaban J connectivity index is 1.74. The molecule has 0 fully saturated rings. The number of hydrogen-bond acceptors (Lipinski definition) is 4. The monoisotopic (exact) mass is 389 g/mol. The van der Waals surface area contributed by atoms with Gasteiger partial charge in [0.05, 0.1) is 10.9 Å². The van der Waals surface area contributed by atoms with Crippen molar-refractivity contribution in [1.29, 1.82) is 0 Å². The molecule has 1 aliphatic rings. The van der Waals surface area contributed by atoms with Gasteiger partial charge in [0.15, 0.2) is 0 Å². The van der Waals surface area contributed by atoms with Crippen LogP contribution in [0.25, 0.3) is 22.6 Å². The molecule has 0 saturated heterocycles. The summed E-state index contributed by atoms with van der Waals surface area (Å²) in [5, 5.41) is 11.7. The summed E-state index contributed by atoms with van der Waals surface area (Å²) in [6.07, 6.45) is 2.14. The predicted molar refractivity (Wildman–Crippen MR) is 111 cm³/mol. The van der Waals surface area contributed by atoms with Crippen molar-refractivity contribution in [3.8, 4) is 0 Å². The van der Waals surface area contributed by atoms with E-state index in [1.54, 1.807) is 22.8 Å². The van der Waals surface area contributed by atoms with Crippen molar-refractivity contribution in [2.45, 2.75) is 26.3 Å². The number of aliphatic carboxylic acids is 1. The van der Waals surface area contributed by atoms with E-state index in [1.165, 1.54) is 0 Å². The van der Waals surface area contributed by atoms with Gasteiger partial charge in [0.1, 0.15) is 12.2 Å². The van der Waals surface area contributed by atoms with Crippen LogP contribution in [0.4, 0.5) is 5.69 Å². The fraction of sp³-hybridized carbons (Fsp3) is 0.182. The van der Waals surface area contributed by atoms with Gasteiger partial charge in [-0.05, 0) is 48.8 Å². The van der Waals surface area contributed by atoms with Crippen LogP contribution in [0.5, 0.6) is 0 Å². The Morgan fingerprint density at radius 3 is 2.83 bits per heavy atom. The first-order valence-corrected chi connectivity index (χ1v) is 9.24. The molecule has 0 atom stereocenters. The van der Waals surface area contributed by atoms with Gasteiger partial charge in [0.25, 0.3) is 5.56 Å². The number of hydrogen-bond donors (Lipinski definition) is 2. The molecule has 2 heterocycles. The van der Waals surface area contributed by atoms with E-state index in [9.17, 15) is 14.4 Å². The molecule has 1 aromatic heterocycles. The van der Waals surface area contributed by atoms with Crippen LogP contribution in [0, 0.1) is 6.92 Å². The molecule has 4 rings (SSSR count). The number of carboxylic acid groups (broad SMARTS) is 1. The molecule has 0 saturated carbocycles. The number of carbonyl (C=O) groups is 2. The smallest absolute Gasteiger partial charge is 0.312 e. The first-order valence-electron chi connectivity index (χ1n) is 9.24. The molecule has 2 N–H and O–H groups in total. The minimum Gasteiger partial charge on any atom is -0.481 e. The molecule has 7 heteroatoms. The second-order valence-corrected chi connectivity index (χ2v) is 7.08. The van der Waals surface area contributed by atoms with E-state index >= 15 is 0 Å². The van der Waals surface area contributed by atoms with Crippen LogP contribution in [-0.2, 0) is 16.1 Å². The number of aryl methyl sites for hydroxylation is 1. The van der Waals surface area contributed by atoms with Gasteiger partial charge in [-0.1, -0.05) is 29.8 Å². The summed E-state index contributed by atoms with van der Waals surface area (Å²) in [7, 11) is 0. The van der Waals surface area contributed by atoms with Gasteiger partial charge in [-0.25, -0.2) is 4.98 Å². The molecule has 0 unspecified atom stereocenters. The summed E-state index contributed by atoms with van der Waals surface area (Å²) < 4.78 is 1.67. The standard InChI is InChI=1S/C22H19N3O4/c1-13-3-2-4-14(9-13)10-15-7-8-25-21(15)24-18-11-16(5-6-17(18)22(25)29)23-19(26)12-20(27)28/h2-6,9-11H,7-8,12H2,1H3,(H,23,26)(H,27,28). The van der Waals surface area contributed by atoms with Crippen molar-refractivity contribution in [3.05, 3.63) is 69.8 Å². The largest absolute Gasteiger partial charge is 0.481 e. The quantitative estimate of drug-likeness (QED) is 0.668. The van der Waals surface area contributed by atoms with Crippen molar-refractivity contribution in [1.82, 2.24) is 9.55 Å². The Bertz CT molecular complexity index is 1240. The summed E-state index contributed by atoms with van der Waals surface area (Å²) in [5.41, 5.74) is 3.94. The van der Waals surface area contributed by atoms with Crippen molar-refractivity contribution in [2.75, 3.05) is 5.32 Å². The number of carbonyl (C=O) groups excluding carboxylic acids is 1. The summed E-state index contributed by atoms with van der Waals surface area (Å²) in [6, 6.07) is 12.9. The molecule has 29 heavy (non-hydrogen) atoms. The van der Waals surface area contributed by atoms with Crippen LogP contribution < -0.4 is 10.9 Å². The molecule has 1 amide bonds. The lowest BCUT2D eigenvalue weighted by Crippen LogP contribution is -2.21. The lowest BCUT2D eigenvalue weighted by Gasteiger charge is -2.08. The third-order valence-corrected chi connectivity index (χ3v) is 4.83. The maximum Gasteiger partial charge on any atom is 0.312 e. The molecular formula is C22H19N3O4. The van der Waals surface area contributed by atoms with E-state index < -0.39 is 18.3 Å². The Hall–Kier alpha value is -3.74. The summed E-state index contributed by atoms with van der Waals surface area (Å²) in [6.45, 7) is 2.60. The SMILES string of the molecule is Cc1cccc(C=C2CCn3c2nc2cc(NC(=O)CC(=O)O)ccc2c3=O)c1. The zero-order valence-corrected chi connectivity index (χ0v) is 15.8. The maximum atomic E-state index is 12.9. The van der Waals surface area contributed by atoms with Gasteiger partial charge in [0.2, 0.25) is 5.91 Å². The Labute approximate surface area is 166 Å². The molecule has 146 valence electrons. The third kappa shape index (κ3) is 3.80. The minimum atomic E-state index is -1.21. The number of nitrogens with zero attached hydrogens (tertiary/aromatic N) is 2. The molecule has 1 aliphatic heterocycles. The number of benzene rings is 2. The van der Waals surface area contributed by atoms with Gasteiger partial charge in [-0.2, -0.15) is 0 Å². The number of aromatic nitrogens is 2. The zero-order chi connectivity index (χ0) is 20.5. The van der Waals surface area contributed by atoms with Crippen LogP contribution in [-0.4, -0.2) is 26.5 Å². The third-order valence-electron chi connectivity index (χ3n) is 4.83. The second-order valence-electron chi connectivity index (χ2n) is 7.08. The molecular weight excluding hydrogens is 370 g/mol. The lowest BCUT2D eigenvalue weighted by atomic mass is 10.1. The van der Waals surface area contributed by atoms with Crippen LogP contribution >= 0.6 is 0 Å². The van der Waals surface area contributed by atoms with E-state index in [0.29, 0.717) is 35.4 Å². The Morgan fingerprint density at radius 1 is 1.24 bits per heavy atom.